The van der Waals surface area contributed by atoms with Crippen molar-refractivity contribution < 1.29 is 13.3 Å². The van der Waals surface area contributed by atoms with Crippen LogP contribution in [0.3, 0.4) is 0 Å². The second kappa shape index (κ2) is 7.33. The van der Waals surface area contributed by atoms with E-state index in [1.54, 1.807) is 0 Å². The molecule has 132 valence electrons. The topological polar surface area (TPSA) is 80.5 Å². The van der Waals surface area contributed by atoms with Crippen LogP contribution in [0.25, 0.3) is 0 Å². The van der Waals surface area contributed by atoms with Gasteiger partial charge in [0, 0.05) is 25.2 Å². The van der Waals surface area contributed by atoms with Gasteiger partial charge in [0.1, 0.15) is 0 Å². The van der Waals surface area contributed by atoms with Gasteiger partial charge in [-0.05, 0) is 30.4 Å². The van der Waals surface area contributed by atoms with Gasteiger partial charge in [0.15, 0.2) is 0 Å². The molecule has 1 aliphatic heterocycles. The van der Waals surface area contributed by atoms with Crippen molar-refractivity contribution in [2.24, 2.45) is 0 Å². The number of hydrogen-bond acceptors (Lipinski definition) is 4. The number of nitro groups is 1. The molecule has 1 atom stereocenters. The zero-order valence-electron chi connectivity index (χ0n) is 13.7. The Balaban J connectivity index is 1.90. The minimum absolute atomic E-state index is 0.0181. The Hall–Kier alpha value is -2.25. The highest BCUT2D eigenvalue weighted by molar-refractivity contribution is 7.89. The SMILES string of the molecule is O=[N+]([O-])c1cccc(S(=O)(=O)N2CCCCC(c3ccccc3)C2)c1. The molecule has 0 saturated carbocycles. The summed E-state index contributed by atoms with van der Waals surface area (Å²) >= 11 is 0. The van der Waals surface area contributed by atoms with Crippen molar-refractivity contribution >= 4 is 15.7 Å². The van der Waals surface area contributed by atoms with Crippen LogP contribution in [0.5, 0.6) is 0 Å². The summed E-state index contributed by atoms with van der Waals surface area (Å²) in [6, 6.07) is 15.2. The molecule has 2 aromatic carbocycles. The Kier molecular flexibility index (Phi) is 5.15. The second-order valence-electron chi connectivity index (χ2n) is 6.22. The van der Waals surface area contributed by atoms with Gasteiger partial charge in [0.2, 0.25) is 10.0 Å². The quantitative estimate of drug-likeness (QED) is 0.617. The molecule has 1 aliphatic rings. The van der Waals surface area contributed by atoms with E-state index in [2.05, 4.69) is 0 Å². The van der Waals surface area contributed by atoms with E-state index in [-0.39, 0.29) is 16.5 Å². The molecule has 2 aromatic rings. The summed E-state index contributed by atoms with van der Waals surface area (Å²) in [5.74, 6) is 0.136. The van der Waals surface area contributed by atoms with Crippen molar-refractivity contribution in [2.75, 3.05) is 13.1 Å². The Morgan fingerprint density at radius 2 is 1.80 bits per heavy atom. The van der Waals surface area contributed by atoms with Gasteiger partial charge >= 0.3 is 0 Å². The van der Waals surface area contributed by atoms with Crippen LogP contribution >= 0.6 is 0 Å². The number of nitro benzene ring substituents is 1. The smallest absolute Gasteiger partial charge is 0.258 e. The van der Waals surface area contributed by atoms with Crippen LogP contribution in [0, 0.1) is 10.1 Å². The van der Waals surface area contributed by atoms with E-state index < -0.39 is 14.9 Å². The molecule has 25 heavy (non-hydrogen) atoms. The maximum atomic E-state index is 13.0. The highest BCUT2D eigenvalue weighted by Crippen LogP contribution is 2.30. The molecule has 0 bridgehead atoms. The minimum Gasteiger partial charge on any atom is -0.258 e. The van der Waals surface area contributed by atoms with Crippen molar-refractivity contribution in [1.82, 2.24) is 4.31 Å². The predicted octanol–water partition coefficient (Wildman–Crippen LogP) is 3.55. The molecule has 0 radical (unpaired) electrons. The lowest BCUT2D eigenvalue weighted by atomic mass is 9.95. The molecule has 7 heteroatoms. The van der Waals surface area contributed by atoms with E-state index in [0.29, 0.717) is 13.1 Å². The number of sulfonamides is 1. The highest BCUT2D eigenvalue weighted by atomic mass is 32.2. The van der Waals surface area contributed by atoms with Gasteiger partial charge in [-0.25, -0.2) is 8.42 Å². The molecule has 1 saturated heterocycles. The van der Waals surface area contributed by atoms with Gasteiger partial charge in [0.05, 0.1) is 9.82 Å². The summed E-state index contributed by atoms with van der Waals surface area (Å²) in [7, 11) is -3.75. The van der Waals surface area contributed by atoms with Gasteiger partial charge < -0.3 is 0 Å². The molecule has 6 nitrogen and oxygen atoms in total. The third-order valence-corrected chi connectivity index (χ3v) is 6.43. The summed E-state index contributed by atoms with van der Waals surface area (Å²) in [6.45, 7) is 0.837. The van der Waals surface area contributed by atoms with Gasteiger partial charge in [-0.2, -0.15) is 4.31 Å². The van der Waals surface area contributed by atoms with Crippen molar-refractivity contribution in [3.8, 4) is 0 Å². The number of nitrogens with zero attached hydrogens (tertiary/aromatic N) is 2. The molecule has 0 spiro atoms. The second-order valence-corrected chi connectivity index (χ2v) is 8.16. The van der Waals surface area contributed by atoms with Crippen LogP contribution in [0.15, 0.2) is 59.5 Å². The Bertz CT molecular complexity index is 852. The number of hydrogen-bond donors (Lipinski definition) is 0. The fourth-order valence-electron chi connectivity index (χ4n) is 3.23. The van der Waals surface area contributed by atoms with E-state index in [0.717, 1.165) is 30.9 Å². The molecule has 0 N–H and O–H groups in total. The number of rotatable bonds is 4. The zero-order valence-corrected chi connectivity index (χ0v) is 14.6. The normalized spacial score (nSPS) is 19.3. The summed E-state index contributed by atoms with van der Waals surface area (Å²) < 4.78 is 27.5. The van der Waals surface area contributed by atoms with Crippen molar-refractivity contribution in [3.05, 3.63) is 70.3 Å². The molecule has 1 unspecified atom stereocenters. The lowest BCUT2D eigenvalue weighted by Crippen LogP contribution is -2.34. The van der Waals surface area contributed by atoms with E-state index in [4.69, 9.17) is 0 Å². The van der Waals surface area contributed by atoms with Crippen molar-refractivity contribution in [2.45, 2.75) is 30.1 Å². The zero-order chi connectivity index (χ0) is 17.9. The van der Waals surface area contributed by atoms with Crippen LogP contribution in [-0.2, 0) is 10.0 Å². The molecule has 1 fully saturated rings. The van der Waals surface area contributed by atoms with E-state index in [1.807, 2.05) is 30.3 Å². The van der Waals surface area contributed by atoms with Gasteiger partial charge in [-0.1, -0.05) is 42.8 Å². The standard InChI is InChI=1S/C18H20N2O4S/c21-20(22)17-10-6-11-18(13-17)25(23,24)19-12-5-4-9-16(14-19)15-7-2-1-3-8-15/h1-3,6-8,10-11,13,16H,4-5,9,12,14H2. The third-order valence-electron chi connectivity index (χ3n) is 4.57. The molecule has 0 amide bonds. The molecular weight excluding hydrogens is 340 g/mol. The Labute approximate surface area is 147 Å². The highest BCUT2D eigenvalue weighted by Gasteiger charge is 2.30. The van der Waals surface area contributed by atoms with Crippen LogP contribution in [0.4, 0.5) is 5.69 Å². The van der Waals surface area contributed by atoms with Crippen LogP contribution in [0.1, 0.15) is 30.7 Å². The molecule has 3 rings (SSSR count). The first-order valence-corrected chi connectivity index (χ1v) is 9.72. The third kappa shape index (κ3) is 3.88. The summed E-state index contributed by atoms with van der Waals surface area (Å²) in [6.07, 6.45) is 2.68. The van der Waals surface area contributed by atoms with Gasteiger partial charge in [-0.3, -0.25) is 10.1 Å². The van der Waals surface area contributed by atoms with Gasteiger partial charge in [0.25, 0.3) is 5.69 Å². The average Bonchev–Trinajstić information content (AvgIpc) is 2.89. The Morgan fingerprint density at radius 3 is 2.52 bits per heavy atom. The monoisotopic (exact) mass is 360 g/mol. The van der Waals surface area contributed by atoms with Crippen LogP contribution in [-0.4, -0.2) is 30.7 Å². The first kappa shape index (κ1) is 17.6. The van der Waals surface area contributed by atoms with Crippen molar-refractivity contribution in [3.63, 3.8) is 0 Å². The fourth-order valence-corrected chi connectivity index (χ4v) is 4.79. The van der Waals surface area contributed by atoms with E-state index in [9.17, 15) is 18.5 Å². The Morgan fingerprint density at radius 1 is 1.04 bits per heavy atom. The first-order valence-electron chi connectivity index (χ1n) is 8.28. The molecule has 0 aromatic heterocycles. The van der Waals surface area contributed by atoms with Crippen LogP contribution in [0.2, 0.25) is 0 Å². The lowest BCUT2D eigenvalue weighted by Gasteiger charge is -2.24. The number of benzene rings is 2. The fraction of sp³-hybridized carbons (Fsp3) is 0.333. The maximum absolute atomic E-state index is 13.0. The van der Waals surface area contributed by atoms with Crippen molar-refractivity contribution in [1.29, 1.82) is 0 Å². The molecular formula is C18H20N2O4S. The minimum atomic E-state index is -3.75. The van der Waals surface area contributed by atoms with Gasteiger partial charge in [-0.15, -0.1) is 0 Å². The summed E-state index contributed by atoms with van der Waals surface area (Å²) in [5.41, 5.74) is 0.916. The van der Waals surface area contributed by atoms with Crippen LogP contribution < -0.4 is 0 Å². The maximum Gasteiger partial charge on any atom is 0.270 e. The first-order chi connectivity index (χ1) is 12.0. The predicted molar refractivity (Wildman–Crippen MR) is 94.9 cm³/mol. The summed E-state index contributed by atoms with van der Waals surface area (Å²) in [4.78, 5) is 10.4. The van der Waals surface area contributed by atoms with E-state index in [1.165, 1.54) is 22.5 Å². The summed E-state index contributed by atoms with van der Waals surface area (Å²) in [5, 5.41) is 10.9. The molecule has 1 heterocycles. The lowest BCUT2D eigenvalue weighted by molar-refractivity contribution is -0.385. The van der Waals surface area contributed by atoms with E-state index >= 15 is 0 Å². The number of non-ortho nitro benzene ring substituents is 1. The average molecular weight is 360 g/mol. The molecule has 0 aliphatic carbocycles. The largest absolute Gasteiger partial charge is 0.270 e.